The number of hydrogen-bond donors (Lipinski definition) is 2. The smallest absolute Gasteiger partial charge is 0.277 e. The van der Waals surface area contributed by atoms with Crippen LogP contribution in [-0.4, -0.2) is 34.5 Å². The van der Waals surface area contributed by atoms with Crippen LogP contribution in [0.15, 0.2) is 60.7 Å². The Morgan fingerprint density at radius 3 is 2.12 bits per heavy atom. The number of anilines is 1. The molecule has 7 heteroatoms. The maximum Gasteiger partial charge on any atom is 0.277 e. The number of nitrogens with one attached hydrogen (secondary N) is 2. The Labute approximate surface area is 142 Å². The Kier molecular flexibility index (Phi) is 6.08. The van der Waals surface area contributed by atoms with Crippen LogP contribution in [0.3, 0.4) is 0 Å². The number of likely N-dealkylation sites (N-methyl/N-ethyl adjacent to an activating group) is 1. The predicted molar refractivity (Wildman–Crippen MR) is 94.9 cm³/mol. The molecule has 0 saturated heterocycles. The molecule has 1 atom stereocenters. The van der Waals surface area contributed by atoms with Crippen molar-refractivity contribution in [1.82, 2.24) is 9.44 Å². The summed E-state index contributed by atoms with van der Waals surface area (Å²) in [4.78, 5) is 14.3. The van der Waals surface area contributed by atoms with Crippen LogP contribution in [0.2, 0.25) is 0 Å². The first-order valence-electron chi connectivity index (χ1n) is 7.50. The van der Waals surface area contributed by atoms with E-state index in [1.807, 2.05) is 48.5 Å². The van der Waals surface area contributed by atoms with Gasteiger partial charge in [0.05, 0.1) is 0 Å². The zero-order chi connectivity index (χ0) is 17.6. The summed E-state index contributed by atoms with van der Waals surface area (Å²) < 4.78 is 28.3. The van der Waals surface area contributed by atoms with Gasteiger partial charge in [0.2, 0.25) is 5.91 Å². The second kappa shape index (κ2) is 8.05. The molecule has 0 fully saturated rings. The highest BCUT2D eigenvalue weighted by Crippen LogP contribution is 2.14. The lowest BCUT2D eigenvalue weighted by molar-refractivity contribution is -0.119. The summed E-state index contributed by atoms with van der Waals surface area (Å²) in [5.41, 5.74) is 1.57. The highest BCUT2D eigenvalue weighted by molar-refractivity contribution is 7.87. The van der Waals surface area contributed by atoms with Crippen LogP contribution in [0, 0.1) is 0 Å². The summed E-state index contributed by atoms with van der Waals surface area (Å²) in [7, 11) is -0.820. The molecule has 0 aliphatic carbocycles. The van der Waals surface area contributed by atoms with Gasteiger partial charge in [0.1, 0.15) is 6.04 Å². The van der Waals surface area contributed by atoms with Gasteiger partial charge in [0.25, 0.3) is 10.2 Å². The third kappa shape index (κ3) is 4.89. The summed E-state index contributed by atoms with van der Waals surface area (Å²) >= 11 is 0. The Hall–Kier alpha value is -2.22. The normalized spacial score (nSPS) is 12.6. The van der Waals surface area contributed by atoms with Crippen molar-refractivity contribution >= 4 is 21.8 Å². The van der Waals surface area contributed by atoms with Crippen molar-refractivity contribution in [1.29, 1.82) is 0 Å². The minimum absolute atomic E-state index is 0.262. The van der Waals surface area contributed by atoms with Crippen molar-refractivity contribution in [2.75, 3.05) is 19.0 Å². The second-order valence-corrected chi connectivity index (χ2v) is 6.95. The Morgan fingerprint density at radius 1 is 1.04 bits per heavy atom. The third-order valence-corrected chi connectivity index (χ3v) is 4.75. The highest BCUT2D eigenvalue weighted by atomic mass is 32.2. The van der Waals surface area contributed by atoms with Crippen molar-refractivity contribution in [2.24, 2.45) is 0 Å². The van der Waals surface area contributed by atoms with E-state index in [9.17, 15) is 13.2 Å². The predicted octanol–water partition coefficient (Wildman–Crippen LogP) is 1.31. The lowest BCUT2D eigenvalue weighted by Crippen LogP contribution is -2.51. The first-order chi connectivity index (χ1) is 11.4. The van der Waals surface area contributed by atoms with E-state index in [-0.39, 0.29) is 12.3 Å². The first kappa shape index (κ1) is 18.1. The molecule has 0 radical (unpaired) electrons. The monoisotopic (exact) mass is 347 g/mol. The molecule has 0 spiro atoms. The molecule has 6 nitrogen and oxygen atoms in total. The Bertz CT molecular complexity index is 764. The molecular formula is C17H21N3O3S. The quantitative estimate of drug-likeness (QED) is 0.793. The fourth-order valence-corrected chi connectivity index (χ4v) is 2.96. The largest absolute Gasteiger partial charge is 0.314 e. The number of rotatable bonds is 7. The number of nitrogens with zero attached hydrogens (tertiary/aromatic N) is 1. The summed E-state index contributed by atoms with van der Waals surface area (Å²) in [5.74, 6) is -0.330. The van der Waals surface area contributed by atoms with Gasteiger partial charge in [-0.05, 0) is 24.1 Å². The number of carbonyl (C=O) groups excluding carboxylic acids is 1. The lowest BCUT2D eigenvalue weighted by atomic mass is 10.1. The van der Waals surface area contributed by atoms with Crippen molar-refractivity contribution in [2.45, 2.75) is 12.5 Å². The lowest BCUT2D eigenvalue weighted by Gasteiger charge is -2.24. The molecule has 0 saturated carbocycles. The summed E-state index contributed by atoms with van der Waals surface area (Å²) in [6, 6.07) is 17.5. The van der Waals surface area contributed by atoms with E-state index in [0.29, 0.717) is 5.69 Å². The molecule has 0 aliphatic heterocycles. The molecule has 0 heterocycles. The molecule has 0 bridgehead atoms. The molecule has 128 valence electrons. The Morgan fingerprint density at radius 2 is 1.58 bits per heavy atom. The average Bonchev–Trinajstić information content (AvgIpc) is 2.61. The third-order valence-electron chi connectivity index (χ3n) is 3.62. The van der Waals surface area contributed by atoms with Crippen LogP contribution in [0.5, 0.6) is 0 Å². The number of para-hydroxylation sites is 1. The van der Waals surface area contributed by atoms with Crippen molar-refractivity contribution in [3.63, 3.8) is 0 Å². The van der Waals surface area contributed by atoms with Crippen LogP contribution in [0.1, 0.15) is 5.56 Å². The molecule has 24 heavy (non-hydrogen) atoms. The zero-order valence-electron chi connectivity index (χ0n) is 13.6. The summed E-state index contributed by atoms with van der Waals surface area (Å²) in [6.07, 6.45) is 0.262. The van der Waals surface area contributed by atoms with Crippen LogP contribution >= 0.6 is 0 Å². The van der Waals surface area contributed by atoms with E-state index < -0.39 is 16.3 Å². The molecule has 0 aromatic heterocycles. The molecule has 2 aromatic rings. The van der Waals surface area contributed by atoms with E-state index in [1.54, 1.807) is 19.2 Å². The number of benzene rings is 2. The first-order valence-corrected chi connectivity index (χ1v) is 8.98. The number of carbonyl (C=O) groups is 1. The van der Waals surface area contributed by atoms with Crippen molar-refractivity contribution < 1.29 is 13.2 Å². The summed E-state index contributed by atoms with van der Waals surface area (Å²) in [5, 5.41) is 0. The second-order valence-electron chi connectivity index (χ2n) is 5.30. The SMILES string of the molecule is CNS(=O)(=O)N[C@@H](Cc1ccccc1)C(=O)N(C)c1ccccc1. The minimum Gasteiger partial charge on any atom is -0.314 e. The van der Waals surface area contributed by atoms with Gasteiger partial charge in [-0.3, -0.25) is 4.79 Å². The zero-order valence-corrected chi connectivity index (χ0v) is 14.5. The standard InChI is InChI=1S/C17H21N3O3S/c1-18-24(22,23)19-16(13-14-9-5-3-6-10-14)17(21)20(2)15-11-7-4-8-12-15/h3-12,16,18-19H,13H2,1-2H3/t16-/m0/s1. The van der Waals surface area contributed by atoms with Crippen molar-refractivity contribution in [3.8, 4) is 0 Å². The van der Waals surface area contributed by atoms with Crippen LogP contribution in [-0.2, 0) is 21.4 Å². The van der Waals surface area contributed by atoms with Gasteiger partial charge in [0, 0.05) is 19.8 Å². The fraction of sp³-hybridized carbons (Fsp3) is 0.235. The van der Waals surface area contributed by atoms with Gasteiger partial charge in [0.15, 0.2) is 0 Å². The Balaban J connectivity index is 2.25. The van der Waals surface area contributed by atoms with E-state index in [1.165, 1.54) is 11.9 Å². The van der Waals surface area contributed by atoms with E-state index in [2.05, 4.69) is 9.44 Å². The van der Waals surface area contributed by atoms with Crippen molar-refractivity contribution in [3.05, 3.63) is 66.2 Å². The molecule has 2 aromatic carbocycles. The van der Waals surface area contributed by atoms with Gasteiger partial charge in [-0.15, -0.1) is 0 Å². The molecule has 2 N–H and O–H groups in total. The fourth-order valence-electron chi connectivity index (χ4n) is 2.29. The van der Waals surface area contributed by atoms with Gasteiger partial charge in [-0.25, -0.2) is 4.72 Å². The molecule has 2 rings (SSSR count). The molecule has 0 aliphatic rings. The van der Waals surface area contributed by atoms with E-state index in [0.717, 1.165) is 5.56 Å². The van der Waals surface area contributed by atoms with E-state index in [4.69, 9.17) is 0 Å². The molecule has 0 unspecified atom stereocenters. The maximum absolute atomic E-state index is 12.8. The van der Waals surface area contributed by atoms with Gasteiger partial charge in [-0.2, -0.15) is 13.1 Å². The van der Waals surface area contributed by atoms with Crippen LogP contribution in [0.4, 0.5) is 5.69 Å². The minimum atomic E-state index is -3.75. The molecular weight excluding hydrogens is 326 g/mol. The highest BCUT2D eigenvalue weighted by Gasteiger charge is 2.27. The topological polar surface area (TPSA) is 78.5 Å². The van der Waals surface area contributed by atoms with Crippen LogP contribution in [0.25, 0.3) is 0 Å². The van der Waals surface area contributed by atoms with Gasteiger partial charge < -0.3 is 4.90 Å². The molecule has 1 amide bonds. The van der Waals surface area contributed by atoms with E-state index >= 15 is 0 Å². The maximum atomic E-state index is 12.8. The van der Waals surface area contributed by atoms with Gasteiger partial charge in [-0.1, -0.05) is 48.5 Å². The number of hydrogen-bond acceptors (Lipinski definition) is 3. The number of amides is 1. The summed E-state index contributed by atoms with van der Waals surface area (Å²) in [6.45, 7) is 0. The van der Waals surface area contributed by atoms with Gasteiger partial charge >= 0.3 is 0 Å². The van der Waals surface area contributed by atoms with Crippen LogP contribution < -0.4 is 14.3 Å². The average molecular weight is 347 g/mol.